The Bertz CT molecular complexity index is 457. The van der Waals surface area contributed by atoms with Gasteiger partial charge in [-0.2, -0.15) is 0 Å². The van der Waals surface area contributed by atoms with E-state index in [1.54, 1.807) is 12.0 Å². The molecule has 0 radical (unpaired) electrons. The Morgan fingerprint density at radius 2 is 2.00 bits per heavy atom. The Hall–Kier alpha value is -1.49. The molecule has 1 fully saturated rings. The lowest BCUT2D eigenvalue weighted by molar-refractivity contribution is 0.0613. The summed E-state index contributed by atoms with van der Waals surface area (Å²) in [6.07, 6.45) is 1.76. The predicted molar refractivity (Wildman–Crippen MR) is 66.9 cm³/mol. The van der Waals surface area contributed by atoms with Crippen LogP contribution in [0.5, 0.6) is 0 Å². The summed E-state index contributed by atoms with van der Waals surface area (Å²) in [4.78, 5) is 13.8. The number of benzene rings is 1. The summed E-state index contributed by atoms with van der Waals surface area (Å²) < 4.78 is 31.0. The van der Waals surface area contributed by atoms with Gasteiger partial charge in [-0.15, -0.1) is 0 Å². The van der Waals surface area contributed by atoms with Crippen molar-refractivity contribution in [3.05, 3.63) is 35.4 Å². The Kier molecular flexibility index (Phi) is 4.47. The van der Waals surface area contributed by atoms with Crippen molar-refractivity contribution in [3.63, 3.8) is 0 Å². The second-order valence-corrected chi connectivity index (χ2v) is 4.82. The molecule has 1 aromatic carbocycles. The molecule has 1 heterocycles. The molecule has 1 aliphatic heterocycles. The second kappa shape index (κ2) is 6.10. The fraction of sp³-hybridized carbons (Fsp3) is 0.500. The van der Waals surface area contributed by atoms with Crippen LogP contribution in [0, 0.1) is 17.6 Å². The van der Waals surface area contributed by atoms with Crippen LogP contribution in [0.25, 0.3) is 0 Å². The van der Waals surface area contributed by atoms with E-state index >= 15 is 0 Å². The van der Waals surface area contributed by atoms with Gasteiger partial charge in [-0.1, -0.05) is 0 Å². The van der Waals surface area contributed by atoms with Gasteiger partial charge in [0.05, 0.1) is 0 Å². The summed E-state index contributed by atoms with van der Waals surface area (Å²) in [5, 5.41) is 0. The van der Waals surface area contributed by atoms with E-state index in [0.29, 0.717) is 25.6 Å². The molecule has 0 saturated carbocycles. The van der Waals surface area contributed by atoms with Crippen LogP contribution in [0.4, 0.5) is 8.78 Å². The molecule has 5 heteroatoms. The third-order valence-corrected chi connectivity index (χ3v) is 3.47. The van der Waals surface area contributed by atoms with Gasteiger partial charge in [0.15, 0.2) is 11.6 Å². The highest BCUT2D eigenvalue weighted by Gasteiger charge is 2.24. The number of likely N-dealkylation sites (tertiary alicyclic amines) is 1. The van der Waals surface area contributed by atoms with Crippen LogP contribution in [-0.2, 0) is 4.74 Å². The van der Waals surface area contributed by atoms with Crippen molar-refractivity contribution in [2.24, 2.45) is 5.92 Å². The van der Waals surface area contributed by atoms with Crippen LogP contribution in [0.1, 0.15) is 23.2 Å². The minimum Gasteiger partial charge on any atom is -0.384 e. The highest BCUT2D eigenvalue weighted by molar-refractivity contribution is 5.94. The standard InChI is InChI=1S/C14H17F2NO2/c1-19-9-10-4-6-17(7-5-10)14(18)11-2-3-12(15)13(16)8-11/h2-3,8,10H,4-7,9H2,1H3. The van der Waals surface area contributed by atoms with Gasteiger partial charge >= 0.3 is 0 Å². The van der Waals surface area contributed by atoms with E-state index in [2.05, 4.69) is 0 Å². The smallest absolute Gasteiger partial charge is 0.253 e. The highest BCUT2D eigenvalue weighted by atomic mass is 19.2. The van der Waals surface area contributed by atoms with E-state index in [1.807, 2.05) is 0 Å². The molecule has 0 N–H and O–H groups in total. The minimum absolute atomic E-state index is 0.198. The van der Waals surface area contributed by atoms with Crippen molar-refractivity contribution in [2.45, 2.75) is 12.8 Å². The highest BCUT2D eigenvalue weighted by Crippen LogP contribution is 2.20. The Labute approximate surface area is 111 Å². The number of methoxy groups -OCH3 is 1. The van der Waals surface area contributed by atoms with E-state index in [-0.39, 0.29) is 11.5 Å². The fourth-order valence-electron chi connectivity index (χ4n) is 2.35. The molecular formula is C14H17F2NO2. The third kappa shape index (κ3) is 3.29. The molecule has 2 rings (SSSR count). The molecule has 0 bridgehead atoms. The Morgan fingerprint density at radius 3 is 2.58 bits per heavy atom. The first-order valence-electron chi connectivity index (χ1n) is 6.35. The third-order valence-electron chi connectivity index (χ3n) is 3.47. The van der Waals surface area contributed by atoms with Crippen LogP contribution in [-0.4, -0.2) is 37.6 Å². The number of halogens is 2. The first-order valence-corrected chi connectivity index (χ1v) is 6.35. The van der Waals surface area contributed by atoms with Gasteiger partial charge in [0, 0.05) is 32.4 Å². The number of hydrogen-bond acceptors (Lipinski definition) is 2. The monoisotopic (exact) mass is 269 g/mol. The van der Waals surface area contributed by atoms with Gasteiger partial charge in [-0.25, -0.2) is 8.78 Å². The van der Waals surface area contributed by atoms with E-state index in [4.69, 9.17) is 4.74 Å². The Morgan fingerprint density at radius 1 is 1.32 bits per heavy atom. The second-order valence-electron chi connectivity index (χ2n) is 4.82. The largest absolute Gasteiger partial charge is 0.384 e. The number of ether oxygens (including phenoxy) is 1. The van der Waals surface area contributed by atoms with Crippen LogP contribution in [0.3, 0.4) is 0 Å². The average molecular weight is 269 g/mol. The summed E-state index contributed by atoms with van der Waals surface area (Å²) in [6, 6.07) is 3.27. The summed E-state index contributed by atoms with van der Waals surface area (Å²) in [7, 11) is 1.67. The molecule has 0 unspecified atom stereocenters. The lowest BCUT2D eigenvalue weighted by Crippen LogP contribution is -2.39. The van der Waals surface area contributed by atoms with Gasteiger partial charge in [-0.3, -0.25) is 4.79 Å². The molecule has 0 spiro atoms. The zero-order chi connectivity index (χ0) is 13.8. The van der Waals surface area contributed by atoms with Gasteiger partial charge < -0.3 is 9.64 Å². The zero-order valence-corrected chi connectivity index (χ0v) is 10.9. The molecule has 0 atom stereocenters. The number of rotatable bonds is 3. The van der Waals surface area contributed by atoms with Gasteiger partial charge in [0.25, 0.3) is 5.91 Å². The molecule has 1 aliphatic rings. The zero-order valence-electron chi connectivity index (χ0n) is 10.9. The quantitative estimate of drug-likeness (QED) is 0.843. The van der Waals surface area contributed by atoms with Crippen LogP contribution >= 0.6 is 0 Å². The predicted octanol–water partition coefficient (Wildman–Crippen LogP) is 2.46. The number of amides is 1. The van der Waals surface area contributed by atoms with Gasteiger partial charge in [-0.05, 0) is 37.0 Å². The fourth-order valence-corrected chi connectivity index (χ4v) is 2.35. The SMILES string of the molecule is COCC1CCN(C(=O)c2ccc(F)c(F)c2)CC1. The first-order chi connectivity index (χ1) is 9.11. The summed E-state index contributed by atoms with van der Waals surface area (Å²) >= 11 is 0. The molecule has 0 aliphatic carbocycles. The maximum atomic E-state index is 13.1. The molecule has 0 aromatic heterocycles. The van der Waals surface area contributed by atoms with E-state index in [1.165, 1.54) is 6.07 Å². The van der Waals surface area contributed by atoms with Crippen molar-refractivity contribution >= 4 is 5.91 Å². The summed E-state index contributed by atoms with van der Waals surface area (Å²) in [5.74, 6) is -1.69. The normalized spacial score (nSPS) is 16.7. The minimum atomic E-state index is -0.986. The van der Waals surface area contributed by atoms with Crippen molar-refractivity contribution in [3.8, 4) is 0 Å². The van der Waals surface area contributed by atoms with Gasteiger partial charge in [0.2, 0.25) is 0 Å². The van der Waals surface area contributed by atoms with Crippen LogP contribution < -0.4 is 0 Å². The van der Waals surface area contributed by atoms with E-state index in [9.17, 15) is 13.6 Å². The summed E-state index contributed by atoms with van der Waals surface area (Å²) in [5.41, 5.74) is 0.198. The Balaban J connectivity index is 1.99. The maximum Gasteiger partial charge on any atom is 0.253 e. The number of carbonyl (C=O) groups is 1. The van der Waals surface area contributed by atoms with Gasteiger partial charge in [0.1, 0.15) is 0 Å². The number of carbonyl (C=O) groups excluding carboxylic acids is 1. The van der Waals surface area contributed by atoms with Crippen LogP contribution in [0.2, 0.25) is 0 Å². The van der Waals surface area contributed by atoms with Crippen molar-refractivity contribution in [2.75, 3.05) is 26.8 Å². The first kappa shape index (κ1) is 13.9. The number of piperidine rings is 1. The molecule has 1 saturated heterocycles. The molecule has 1 aromatic rings. The maximum absolute atomic E-state index is 13.1. The molecule has 104 valence electrons. The lowest BCUT2D eigenvalue weighted by atomic mass is 9.97. The number of nitrogens with zero attached hydrogens (tertiary/aromatic N) is 1. The molecule has 3 nitrogen and oxygen atoms in total. The van der Waals surface area contributed by atoms with Crippen molar-refractivity contribution < 1.29 is 18.3 Å². The van der Waals surface area contributed by atoms with Crippen molar-refractivity contribution in [1.82, 2.24) is 4.90 Å². The molecule has 1 amide bonds. The lowest BCUT2D eigenvalue weighted by Gasteiger charge is -2.31. The molecule has 19 heavy (non-hydrogen) atoms. The van der Waals surface area contributed by atoms with Crippen LogP contribution in [0.15, 0.2) is 18.2 Å². The van der Waals surface area contributed by atoms with Crippen molar-refractivity contribution in [1.29, 1.82) is 0 Å². The topological polar surface area (TPSA) is 29.5 Å². The average Bonchev–Trinajstić information content (AvgIpc) is 2.42. The summed E-state index contributed by atoms with van der Waals surface area (Å²) in [6.45, 7) is 1.96. The number of hydrogen-bond donors (Lipinski definition) is 0. The van der Waals surface area contributed by atoms with E-state index < -0.39 is 11.6 Å². The van der Waals surface area contributed by atoms with E-state index in [0.717, 1.165) is 25.0 Å². The molecular weight excluding hydrogens is 252 g/mol.